The lowest BCUT2D eigenvalue weighted by Gasteiger charge is -2.19. The van der Waals surface area contributed by atoms with Crippen LogP contribution in [-0.4, -0.2) is 31.6 Å². The van der Waals surface area contributed by atoms with E-state index < -0.39 is 0 Å². The summed E-state index contributed by atoms with van der Waals surface area (Å²) in [5, 5.41) is 3.31. The Balaban J connectivity index is 2.53. The third kappa shape index (κ3) is 2.55. The van der Waals surface area contributed by atoms with Crippen molar-refractivity contribution in [3.63, 3.8) is 0 Å². The lowest BCUT2D eigenvalue weighted by molar-refractivity contribution is -0.126. The predicted octanol–water partition coefficient (Wildman–Crippen LogP) is 1.23. The molecular formula is C11H21NO2. The van der Waals surface area contributed by atoms with Crippen molar-refractivity contribution in [3.05, 3.63) is 0 Å². The molecule has 0 aromatic carbocycles. The minimum Gasteiger partial charge on any atom is -0.379 e. The van der Waals surface area contributed by atoms with Gasteiger partial charge in [-0.15, -0.1) is 0 Å². The summed E-state index contributed by atoms with van der Waals surface area (Å²) in [5.74, 6) is 0.601. The van der Waals surface area contributed by atoms with Gasteiger partial charge in [-0.3, -0.25) is 4.79 Å². The van der Waals surface area contributed by atoms with Crippen LogP contribution in [0.25, 0.3) is 0 Å². The molecule has 0 bridgehead atoms. The van der Waals surface area contributed by atoms with Crippen molar-refractivity contribution < 1.29 is 9.53 Å². The lowest BCUT2D eigenvalue weighted by atomic mass is 9.89. The summed E-state index contributed by atoms with van der Waals surface area (Å²) in [4.78, 5) is 11.9. The quantitative estimate of drug-likeness (QED) is 0.723. The molecule has 3 nitrogen and oxygen atoms in total. The number of hydrogen-bond acceptors (Lipinski definition) is 3. The highest BCUT2D eigenvalue weighted by Crippen LogP contribution is 2.20. The van der Waals surface area contributed by atoms with Crippen LogP contribution in [0.3, 0.4) is 0 Å². The maximum atomic E-state index is 11.9. The molecule has 82 valence electrons. The van der Waals surface area contributed by atoms with Gasteiger partial charge < -0.3 is 10.1 Å². The summed E-state index contributed by atoms with van der Waals surface area (Å²) < 4.78 is 5.35. The molecule has 0 aromatic heterocycles. The molecule has 3 unspecified atom stereocenters. The molecular weight excluding hydrogens is 178 g/mol. The number of Topliss-reactive ketones (excluding diaryl/α,β-unsaturated/α-hetero) is 1. The summed E-state index contributed by atoms with van der Waals surface area (Å²) >= 11 is 0. The fourth-order valence-electron chi connectivity index (χ4n) is 1.86. The molecule has 14 heavy (non-hydrogen) atoms. The fourth-order valence-corrected chi connectivity index (χ4v) is 1.86. The Morgan fingerprint density at radius 1 is 1.50 bits per heavy atom. The van der Waals surface area contributed by atoms with E-state index in [0.29, 0.717) is 19.0 Å². The van der Waals surface area contributed by atoms with E-state index in [4.69, 9.17) is 4.74 Å². The molecule has 0 spiro atoms. The lowest BCUT2D eigenvalue weighted by Crippen LogP contribution is -2.40. The maximum Gasteiger partial charge on any atom is 0.142 e. The van der Waals surface area contributed by atoms with E-state index in [9.17, 15) is 4.79 Å². The largest absolute Gasteiger partial charge is 0.379 e. The highest BCUT2D eigenvalue weighted by molar-refractivity contribution is 5.84. The highest BCUT2D eigenvalue weighted by atomic mass is 16.5. The second-order valence-electron chi connectivity index (χ2n) is 4.02. The van der Waals surface area contributed by atoms with Gasteiger partial charge in [0.05, 0.1) is 19.1 Å². The molecule has 1 N–H and O–H groups in total. The Morgan fingerprint density at radius 2 is 2.21 bits per heavy atom. The van der Waals surface area contributed by atoms with Crippen LogP contribution >= 0.6 is 0 Å². The van der Waals surface area contributed by atoms with E-state index in [0.717, 1.165) is 13.0 Å². The van der Waals surface area contributed by atoms with Gasteiger partial charge >= 0.3 is 0 Å². The number of nitrogens with one attached hydrogen (secondary N) is 1. The summed E-state index contributed by atoms with van der Waals surface area (Å²) in [5.41, 5.74) is 0. The average molecular weight is 199 g/mol. The number of carbonyl (C=O) groups is 1. The third-order valence-electron chi connectivity index (χ3n) is 3.01. The molecule has 0 aliphatic carbocycles. The Morgan fingerprint density at radius 3 is 2.79 bits per heavy atom. The number of rotatable bonds is 5. The van der Waals surface area contributed by atoms with Gasteiger partial charge in [-0.1, -0.05) is 20.8 Å². The number of carbonyl (C=O) groups excluding carboxylic acids is 1. The number of ether oxygens (including phenoxy) is 1. The van der Waals surface area contributed by atoms with Crippen molar-refractivity contribution in [1.82, 2.24) is 5.32 Å². The van der Waals surface area contributed by atoms with Crippen LogP contribution in [0, 0.1) is 11.8 Å². The smallest absolute Gasteiger partial charge is 0.142 e. The highest BCUT2D eigenvalue weighted by Gasteiger charge is 2.34. The first-order chi connectivity index (χ1) is 6.70. The molecule has 0 amide bonds. The van der Waals surface area contributed by atoms with E-state index in [1.165, 1.54) is 0 Å². The van der Waals surface area contributed by atoms with Crippen molar-refractivity contribution in [2.24, 2.45) is 11.8 Å². The monoisotopic (exact) mass is 199 g/mol. The minimum atomic E-state index is 0.0740. The fraction of sp³-hybridized carbons (Fsp3) is 0.909. The van der Waals surface area contributed by atoms with Crippen molar-refractivity contribution in [2.45, 2.75) is 33.2 Å². The van der Waals surface area contributed by atoms with Crippen LogP contribution in [-0.2, 0) is 9.53 Å². The summed E-state index contributed by atoms with van der Waals surface area (Å²) in [6.45, 7) is 8.30. The molecule has 1 rings (SSSR count). The van der Waals surface area contributed by atoms with E-state index in [2.05, 4.69) is 19.2 Å². The van der Waals surface area contributed by atoms with Gasteiger partial charge in [-0.25, -0.2) is 0 Å². The van der Waals surface area contributed by atoms with Gasteiger partial charge in [0.1, 0.15) is 5.78 Å². The molecule has 1 saturated heterocycles. The topological polar surface area (TPSA) is 38.3 Å². The minimum absolute atomic E-state index is 0.0740. The van der Waals surface area contributed by atoms with Crippen molar-refractivity contribution in [1.29, 1.82) is 0 Å². The molecule has 3 heteroatoms. The first-order valence-corrected chi connectivity index (χ1v) is 5.55. The van der Waals surface area contributed by atoms with Crippen LogP contribution in [0.15, 0.2) is 0 Å². The van der Waals surface area contributed by atoms with Crippen LogP contribution in [0.5, 0.6) is 0 Å². The Hall–Kier alpha value is -0.410. The third-order valence-corrected chi connectivity index (χ3v) is 3.01. The first-order valence-electron chi connectivity index (χ1n) is 5.55. The molecule has 1 aliphatic rings. The zero-order chi connectivity index (χ0) is 10.6. The van der Waals surface area contributed by atoms with Gasteiger partial charge in [0.15, 0.2) is 0 Å². The van der Waals surface area contributed by atoms with E-state index in [1.54, 1.807) is 0 Å². The number of likely N-dealkylation sites (N-methyl/N-ethyl adjacent to an activating group) is 1. The zero-order valence-corrected chi connectivity index (χ0v) is 9.38. The van der Waals surface area contributed by atoms with Crippen molar-refractivity contribution in [3.8, 4) is 0 Å². The normalized spacial score (nSPS) is 29.1. The van der Waals surface area contributed by atoms with Gasteiger partial charge in [0.2, 0.25) is 0 Å². The van der Waals surface area contributed by atoms with Crippen molar-refractivity contribution >= 4 is 5.78 Å². The summed E-state index contributed by atoms with van der Waals surface area (Å²) in [6.07, 6.45) is 0.925. The summed E-state index contributed by atoms with van der Waals surface area (Å²) in [6, 6.07) is 0.237. The standard InChI is InChI=1S/C11H21NO2/c1-4-8(3)11(13)9-6-14-7-10(9)12-5-2/h8-10,12H,4-7H2,1-3H3. The van der Waals surface area contributed by atoms with Crippen molar-refractivity contribution in [2.75, 3.05) is 19.8 Å². The first kappa shape index (κ1) is 11.7. The van der Waals surface area contributed by atoms with E-state index >= 15 is 0 Å². The zero-order valence-electron chi connectivity index (χ0n) is 9.38. The van der Waals surface area contributed by atoms with Gasteiger partial charge in [0, 0.05) is 12.0 Å². The van der Waals surface area contributed by atoms with E-state index in [1.807, 2.05) is 6.92 Å². The molecule has 1 heterocycles. The maximum absolute atomic E-state index is 11.9. The Kier molecular flexibility index (Phi) is 4.55. The second kappa shape index (κ2) is 5.47. The SMILES string of the molecule is CCNC1COCC1C(=O)C(C)CC. The molecule has 1 aliphatic heterocycles. The van der Waals surface area contributed by atoms with Crippen LogP contribution in [0.1, 0.15) is 27.2 Å². The molecule has 3 atom stereocenters. The summed E-state index contributed by atoms with van der Waals surface area (Å²) in [7, 11) is 0. The Labute approximate surface area is 86.2 Å². The molecule has 1 fully saturated rings. The predicted molar refractivity (Wildman–Crippen MR) is 56.2 cm³/mol. The number of ketones is 1. The molecule has 0 aromatic rings. The molecule has 0 radical (unpaired) electrons. The number of hydrogen-bond donors (Lipinski definition) is 1. The van der Waals surface area contributed by atoms with Gasteiger partial charge in [0.25, 0.3) is 0 Å². The average Bonchev–Trinajstić information content (AvgIpc) is 2.64. The molecule has 0 saturated carbocycles. The van der Waals surface area contributed by atoms with Crippen LogP contribution in [0.4, 0.5) is 0 Å². The van der Waals surface area contributed by atoms with E-state index in [-0.39, 0.29) is 17.9 Å². The van der Waals surface area contributed by atoms with Crippen LogP contribution in [0.2, 0.25) is 0 Å². The Bertz CT molecular complexity index is 194. The van der Waals surface area contributed by atoms with Crippen LogP contribution < -0.4 is 5.32 Å². The van der Waals surface area contributed by atoms with Gasteiger partial charge in [-0.2, -0.15) is 0 Å². The van der Waals surface area contributed by atoms with Gasteiger partial charge in [-0.05, 0) is 13.0 Å². The second-order valence-corrected chi connectivity index (χ2v) is 4.02.